The van der Waals surface area contributed by atoms with E-state index in [9.17, 15) is 4.79 Å². The molecule has 0 fully saturated rings. The minimum atomic E-state index is 0.103. The lowest BCUT2D eigenvalue weighted by atomic mass is 10.0. The quantitative estimate of drug-likeness (QED) is 0.596. The van der Waals surface area contributed by atoms with Gasteiger partial charge in [-0.15, -0.1) is 0 Å². The summed E-state index contributed by atoms with van der Waals surface area (Å²) >= 11 is 0. The predicted molar refractivity (Wildman–Crippen MR) is 73.1 cm³/mol. The average molecular weight is 243 g/mol. The lowest BCUT2D eigenvalue weighted by molar-refractivity contribution is -0.121. The minimum absolute atomic E-state index is 0.103. The van der Waals surface area contributed by atoms with Crippen molar-refractivity contribution >= 4 is 5.91 Å². The highest BCUT2D eigenvalue weighted by Gasteiger charge is 2.14. The van der Waals surface area contributed by atoms with Gasteiger partial charge >= 0.3 is 0 Å². The number of carbonyl (C=O) groups is 1. The molecule has 0 saturated carbocycles. The zero-order chi connectivity index (χ0) is 13.3. The van der Waals surface area contributed by atoms with Crippen LogP contribution in [0.3, 0.4) is 0 Å². The van der Waals surface area contributed by atoms with Crippen LogP contribution < -0.4 is 10.6 Å². The second-order valence-corrected chi connectivity index (χ2v) is 5.33. The van der Waals surface area contributed by atoms with Crippen molar-refractivity contribution in [2.24, 2.45) is 5.92 Å². The molecule has 2 N–H and O–H groups in total. The maximum absolute atomic E-state index is 11.7. The van der Waals surface area contributed by atoms with Crippen LogP contribution in [0.2, 0.25) is 0 Å². The number of nitrogens with one attached hydrogen (secondary N) is 2. The second kappa shape index (κ2) is 9.42. The summed E-state index contributed by atoms with van der Waals surface area (Å²) in [6.45, 7) is 8.69. The average Bonchev–Trinajstić information content (AvgIpc) is 2.15. The normalized spacial score (nSPS) is 13.1. The van der Waals surface area contributed by atoms with Gasteiger partial charge < -0.3 is 15.5 Å². The predicted octanol–water partition coefficient (Wildman–Crippen LogP) is 1.08. The maximum Gasteiger partial charge on any atom is 0.234 e. The third-order valence-electron chi connectivity index (χ3n) is 2.42. The highest BCUT2D eigenvalue weighted by Crippen LogP contribution is 2.05. The van der Waals surface area contributed by atoms with Crippen molar-refractivity contribution in [2.45, 2.75) is 39.7 Å². The monoisotopic (exact) mass is 243 g/mol. The smallest absolute Gasteiger partial charge is 0.234 e. The van der Waals surface area contributed by atoms with E-state index in [-0.39, 0.29) is 11.9 Å². The Labute approximate surface area is 106 Å². The van der Waals surface area contributed by atoms with Crippen LogP contribution in [0, 0.1) is 5.92 Å². The van der Waals surface area contributed by atoms with Crippen LogP contribution in [0.4, 0.5) is 0 Å². The molecule has 0 bridgehead atoms. The van der Waals surface area contributed by atoms with E-state index in [1.54, 1.807) is 0 Å². The first-order valence-electron chi connectivity index (χ1n) is 6.60. The summed E-state index contributed by atoms with van der Waals surface area (Å²) in [5.74, 6) is 0.704. The van der Waals surface area contributed by atoms with Gasteiger partial charge in [-0.3, -0.25) is 4.79 Å². The zero-order valence-corrected chi connectivity index (χ0v) is 12.0. The van der Waals surface area contributed by atoms with Gasteiger partial charge in [-0.05, 0) is 39.4 Å². The Morgan fingerprint density at radius 2 is 1.94 bits per heavy atom. The molecule has 17 heavy (non-hydrogen) atoms. The highest BCUT2D eigenvalue weighted by molar-refractivity contribution is 5.78. The third kappa shape index (κ3) is 10.3. The number of hydrogen-bond donors (Lipinski definition) is 2. The molecule has 0 aliphatic carbocycles. The van der Waals surface area contributed by atoms with Gasteiger partial charge in [-0.1, -0.05) is 20.8 Å². The number of likely N-dealkylation sites (N-methyl/N-ethyl adjacent to an activating group) is 1. The van der Waals surface area contributed by atoms with Gasteiger partial charge in [0.1, 0.15) is 0 Å². The van der Waals surface area contributed by atoms with Gasteiger partial charge in [0.15, 0.2) is 0 Å². The Balaban J connectivity index is 3.99. The van der Waals surface area contributed by atoms with E-state index in [2.05, 4.69) is 36.3 Å². The van der Waals surface area contributed by atoms with E-state index in [4.69, 9.17) is 0 Å². The molecule has 0 aliphatic rings. The fraction of sp³-hybridized carbons (Fsp3) is 0.923. The SMILES string of the molecule is CCCNCC(=O)NC(CC(C)C)CN(C)C. The van der Waals surface area contributed by atoms with Crippen molar-refractivity contribution in [1.29, 1.82) is 0 Å². The van der Waals surface area contributed by atoms with Gasteiger partial charge in [0, 0.05) is 12.6 Å². The first kappa shape index (κ1) is 16.4. The Kier molecular flexibility index (Phi) is 9.09. The molecule has 0 aromatic rings. The molecule has 102 valence electrons. The molecular formula is C13H29N3O. The summed E-state index contributed by atoms with van der Waals surface area (Å²) in [5, 5.41) is 6.22. The summed E-state index contributed by atoms with van der Waals surface area (Å²) in [7, 11) is 4.07. The fourth-order valence-corrected chi connectivity index (χ4v) is 1.85. The summed E-state index contributed by atoms with van der Waals surface area (Å²) in [4.78, 5) is 13.8. The fourth-order valence-electron chi connectivity index (χ4n) is 1.85. The molecule has 4 nitrogen and oxygen atoms in total. The summed E-state index contributed by atoms with van der Waals surface area (Å²) in [5.41, 5.74) is 0. The van der Waals surface area contributed by atoms with Crippen molar-refractivity contribution in [3.05, 3.63) is 0 Å². The summed E-state index contributed by atoms with van der Waals surface area (Å²) < 4.78 is 0. The van der Waals surface area contributed by atoms with Gasteiger partial charge in [0.05, 0.1) is 6.54 Å². The van der Waals surface area contributed by atoms with Crippen molar-refractivity contribution in [1.82, 2.24) is 15.5 Å². The maximum atomic E-state index is 11.7. The number of hydrogen-bond acceptors (Lipinski definition) is 3. The van der Waals surface area contributed by atoms with E-state index in [1.807, 2.05) is 14.1 Å². The van der Waals surface area contributed by atoms with Crippen molar-refractivity contribution in [2.75, 3.05) is 33.7 Å². The van der Waals surface area contributed by atoms with Crippen LogP contribution in [-0.2, 0) is 4.79 Å². The number of amides is 1. The largest absolute Gasteiger partial charge is 0.351 e. The molecule has 0 aromatic carbocycles. The lowest BCUT2D eigenvalue weighted by Crippen LogP contribution is -2.45. The molecule has 0 aromatic heterocycles. The molecule has 0 saturated heterocycles. The minimum Gasteiger partial charge on any atom is -0.351 e. The molecule has 0 spiro atoms. The zero-order valence-electron chi connectivity index (χ0n) is 12.0. The molecule has 0 heterocycles. The standard InChI is InChI=1S/C13H29N3O/c1-6-7-14-9-13(17)15-12(8-11(2)3)10-16(4)5/h11-12,14H,6-10H2,1-5H3,(H,15,17). The summed E-state index contributed by atoms with van der Waals surface area (Å²) in [6.07, 6.45) is 2.08. The van der Waals surface area contributed by atoms with Crippen LogP contribution in [0.15, 0.2) is 0 Å². The highest BCUT2D eigenvalue weighted by atomic mass is 16.2. The van der Waals surface area contributed by atoms with Crippen molar-refractivity contribution in [3.8, 4) is 0 Å². The first-order chi connectivity index (χ1) is 7.95. The molecule has 1 amide bonds. The van der Waals surface area contributed by atoms with Crippen LogP contribution in [0.5, 0.6) is 0 Å². The Hall–Kier alpha value is -0.610. The Bertz CT molecular complexity index is 195. The van der Waals surface area contributed by atoms with E-state index in [0.29, 0.717) is 12.5 Å². The Morgan fingerprint density at radius 3 is 2.41 bits per heavy atom. The molecule has 0 aliphatic heterocycles. The van der Waals surface area contributed by atoms with Crippen LogP contribution in [0.25, 0.3) is 0 Å². The molecule has 1 unspecified atom stereocenters. The van der Waals surface area contributed by atoms with Gasteiger partial charge in [-0.25, -0.2) is 0 Å². The van der Waals surface area contributed by atoms with E-state index < -0.39 is 0 Å². The van der Waals surface area contributed by atoms with Gasteiger partial charge in [0.2, 0.25) is 5.91 Å². The van der Waals surface area contributed by atoms with Crippen LogP contribution in [-0.4, -0.2) is 50.6 Å². The Morgan fingerprint density at radius 1 is 1.29 bits per heavy atom. The molecular weight excluding hydrogens is 214 g/mol. The molecule has 0 rings (SSSR count). The van der Waals surface area contributed by atoms with Crippen molar-refractivity contribution < 1.29 is 4.79 Å². The van der Waals surface area contributed by atoms with E-state index >= 15 is 0 Å². The number of carbonyl (C=O) groups excluding carboxylic acids is 1. The third-order valence-corrected chi connectivity index (χ3v) is 2.42. The number of rotatable bonds is 9. The molecule has 0 radical (unpaired) electrons. The van der Waals surface area contributed by atoms with Crippen LogP contribution >= 0.6 is 0 Å². The summed E-state index contributed by atoms with van der Waals surface area (Å²) in [6, 6.07) is 0.251. The lowest BCUT2D eigenvalue weighted by Gasteiger charge is -2.24. The van der Waals surface area contributed by atoms with Gasteiger partial charge in [-0.2, -0.15) is 0 Å². The van der Waals surface area contributed by atoms with E-state index in [0.717, 1.165) is 25.9 Å². The van der Waals surface area contributed by atoms with E-state index in [1.165, 1.54) is 0 Å². The second-order valence-electron chi connectivity index (χ2n) is 5.33. The van der Waals surface area contributed by atoms with Crippen molar-refractivity contribution in [3.63, 3.8) is 0 Å². The van der Waals surface area contributed by atoms with Gasteiger partial charge in [0.25, 0.3) is 0 Å². The molecule has 1 atom stereocenters. The van der Waals surface area contributed by atoms with Crippen LogP contribution in [0.1, 0.15) is 33.6 Å². The first-order valence-corrected chi connectivity index (χ1v) is 6.60. The topological polar surface area (TPSA) is 44.4 Å². The molecule has 4 heteroatoms. The number of nitrogens with zero attached hydrogens (tertiary/aromatic N) is 1.